The van der Waals surface area contributed by atoms with E-state index in [-0.39, 0.29) is 6.10 Å². The highest BCUT2D eigenvalue weighted by Gasteiger charge is 2.58. The summed E-state index contributed by atoms with van der Waals surface area (Å²) in [4.78, 5) is 10.8. The van der Waals surface area contributed by atoms with Crippen molar-refractivity contribution in [3.05, 3.63) is 11.6 Å². The first-order chi connectivity index (χ1) is 12.4. The molecule has 146 valence electrons. The number of carbonyl (C=O) groups is 1. The zero-order valence-corrected chi connectivity index (χ0v) is 17.0. The molecule has 0 radical (unpaired) electrons. The molecular formula is C24H38O2. The van der Waals surface area contributed by atoms with Crippen LogP contribution in [0.5, 0.6) is 0 Å². The topological polar surface area (TPSA) is 37.3 Å². The standard InChI is InChI=1S/C24H38O2/c1-16(5-4-14-25)20-8-9-21-19-7-6-17-15-18(26)10-12-23(17,2)22(19)11-13-24(20,21)3/h6,14,16,18-22,26H,4-5,7-13,15H2,1-3H3/t16-,18?,19?,20?,21?,22?,23+,24-/m1/s1. The third-order valence-electron chi connectivity index (χ3n) is 9.58. The second kappa shape index (κ2) is 6.76. The molecule has 2 nitrogen and oxygen atoms in total. The number of hydrogen-bond acceptors (Lipinski definition) is 2. The van der Waals surface area contributed by atoms with Crippen molar-refractivity contribution in [3.63, 3.8) is 0 Å². The molecule has 26 heavy (non-hydrogen) atoms. The van der Waals surface area contributed by atoms with E-state index < -0.39 is 0 Å². The molecule has 0 heterocycles. The van der Waals surface area contributed by atoms with Crippen LogP contribution in [0.1, 0.15) is 85.0 Å². The van der Waals surface area contributed by atoms with Gasteiger partial charge in [-0.2, -0.15) is 0 Å². The zero-order chi connectivity index (χ0) is 18.5. The van der Waals surface area contributed by atoms with Crippen molar-refractivity contribution in [1.29, 1.82) is 0 Å². The van der Waals surface area contributed by atoms with Gasteiger partial charge in [0.05, 0.1) is 6.10 Å². The van der Waals surface area contributed by atoms with Crippen molar-refractivity contribution in [1.82, 2.24) is 0 Å². The number of aldehydes is 1. The van der Waals surface area contributed by atoms with Gasteiger partial charge in [-0.1, -0.05) is 32.4 Å². The second-order valence-corrected chi connectivity index (χ2v) is 10.6. The minimum atomic E-state index is -0.103. The van der Waals surface area contributed by atoms with Gasteiger partial charge in [-0.3, -0.25) is 0 Å². The molecule has 0 spiro atoms. The fourth-order valence-electron chi connectivity index (χ4n) is 8.15. The maximum Gasteiger partial charge on any atom is 0.120 e. The SMILES string of the molecule is C[C@H](CCC=O)C1CCC2C3CC=C4CC(O)CC[C@]4(C)C3CC[C@@]21C. The van der Waals surface area contributed by atoms with E-state index in [4.69, 9.17) is 0 Å². The molecule has 0 saturated heterocycles. The van der Waals surface area contributed by atoms with Crippen LogP contribution in [0, 0.1) is 40.4 Å². The Balaban J connectivity index is 1.57. The average Bonchev–Trinajstić information content (AvgIpc) is 2.97. The highest BCUT2D eigenvalue weighted by Crippen LogP contribution is 2.67. The lowest BCUT2D eigenvalue weighted by molar-refractivity contribution is -0.108. The Labute approximate surface area is 159 Å². The summed E-state index contributed by atoms with van der Waals surface area (Å²) in [5.41, 5.74) is 2.42. The second-order valence-electron chi connectivity index (χ2n) is 10.6. The van der Waals surface area contributed by atoms with Crippen LogP contribution in [0.4, 0.5) is 0 Å². The minimum Gasteiger partial charge on any atom is -0.393 e. The molecule has 0 amide bonds. The first-order valence-corrected chi connectivity index (χ1v) is 11.2. The largest absolute Gasteiger partial charge is 0.393 e. The smallest absolute Gasteiger partial charge is 0.120 e. The van der Waals surface area contributed by atoms with Crippen LogP contribution in [0.25, 0.3) is 0 Å². The third kappa shape index (κ3) is 2.74. The molecule has 4 aliphatic carbocycles. The van der Waals surface area contributed by atoms with Crippen molar-refractivity contribution < 1.29 is 9.90 Å². The van der Waals surface area contributed by atoms with Gasteiger partial charge >= 0.3 is 0 Å². The Bertz CT molecular complexity index is 581. The number of fused-ring (bicyclic) bond motifs is 5. The summed E-state index contributed by atoms with van der Waals surface area (Å²) in [5.74, 6) is 4.03. The summed E-state index contributed by atoms with van der Waals surface area (Å²) >= 11 is 0. The number of allylic oxidation sites excluding steroid dienone is 1. The molecule has 0 bridgehead atoms. The highest BCUT2D eigenvalue weighted by atomic mass is 16.3. The van der Waals surface area contributed by atoms with Gasteiger partial charge in [0.2, 0.25) is 0 Å². The van der Waals surface area contributed by atoms with Gasteiger partial charge in [0, 0.05) is 6.42 Å². The van der Waals surface area contributed by atoms with Crippen LogP contribution in [0.15, 0.2) is 11.6 Å². The molecule has 2 heteroatoms. The van der Waals surface area contributed by atoms with Gasteiger partial charge in [-0.25, -0.2) is 0 Å². The normalized spacial score (nSPS) is 48.8. The van der Waals surface area contributed by atoms with Gasteiger partial charge in [-0.15, -0.1) is 0 Å². The van der Waals surface area contributed by atoms with Crippen LogP contribution in [0.3, 0.4) is 0 Å². The lowest BCUT2D eigenvalue weighted by Crippen LogP contribution is -2.50. The maximum atomic E-state index is 10.8. The summed E-state index contributed by atoms with van der Waals surface area (Å²) < 4.78 is 0. The van der Waals surface area contributed by atoms with E-state index in [0.29, 0.717) is 16.7 Å². The van der Waals surface area contributed by atoms with Crippen molar-refractivity contribution in [2.24, 2.45) is 40.4 Å². The average molecular weight is 359 g/mol. The molecule has 3 fully saturated rings. The van der Waals surface area contributed by atoms with Gasteiger partial charge < -0.3 is 9.90 Å². The number of rotatable bonds is 4. The third-order valence-corrected chi connectivity index (χ3v) is 9.58. The predicted octanol–water partition coefficient (Wildman–Crippen LogP) is 5.54. The molecule has 0 aromatic carbocycles. The molecule has 0 aromatic rings. The van der Waals surface area contributed by atoms with E-state index in [1.54, 1.807) is 5.57 Å². The quantitative estimate of drug-likeness (QED) is 0.529. The number of carbonyl (C=O) groups excluding carboxylic acids is 1. The lowest BCUT2D eigenvalue weighted by atomic mass is 9.47. The van der Waals surface area contributed by atoms with Gasteiger partial charge in [0.1, 0.15) is 6.29 Å². The lowest BCUT2D eigenvalue weighted by Gasteiger charge is -2.58. The molecule has 1 N–H and O–H groups in total. The van der Waals surface area contributed by atoms with Crippen molar-refractivity contribution in [3.8, 4) is 0 Å². The van der Waals surface area contributed by atoms with Gasteiger partial charge in [0.25, 0.3) is 0 Å². The summed E-state index contributed by atoms with van der Waals surface area (Å²) in [6.07, 6.45) is 15.2. The first-order valence-electron chi connectivity index (χ1n) is 11.2. The number of hydrogen-bond donors (Lipinski definition) is 1. The van der Waals surface area contributed by atoms with E-state index in [1.807, 2.05) is 0 Å². The van der Waals surface area contributed by atoms with E-state index in [2.05, 4.69) is 26.8 Å². The molecule has 0 aromatic heterocycles. The Morgan fingerprint density at radius 3 is 2.77 bits per heavy atom. The maximum absolute atomic E-state index is 10.8. The highest BCUT2D eigenvalue weighted by molar-refractivity contribution is 5.49. The Kier molecular flexibility index (Phi) is 4.87. The van der Waals surface area contributed by atoms with Gasteiger partial charge in [-0.05, 0) is 98.2 Å². The van der Waals surface area contributed by atoms with Crippen molar-refractivity contribution >= 4 is 6.29 Å². The zero-order valence-electron chi connectivity index (χ0n) is 17.0. The summed E-state index contributed by atoms with van der Waals surface area (Å²) in [5, 5.41) is 10.2. The number of aliphatic hydroxyl groups is 1. The summed E-state index contributed by atoms with van der Waals surface area (Å²) in [6.45, 7) is 7.51. The van der Waals surface area contributed by atoms with E-state index in [0.717, 1.165) is 55.6 Å². The molecule has 8 atom stereocenters. The number of aliphatic hydroxyl groups excluding tert-OH is 1. The fourth-order valence-corrected chi connectivity index (χ4v) is 8.15. The molecule has 4 aliphatic rings. The predicted molar refractivity (Wildman–Crippen MR) is 106 cm³/mol. The van der Waals surface area contributed by atoms with E-state index in [1.165, 1.54) is 38.5 Å². The van der Waals surface area contributed by atoms with Crippen LogP contribution >= 0.6 is 0 Å². The Morgan fingerprint density at radius 1 is 1.19 bits per heavy atom. The van der Waals surface area contributed by atoms with Crippen LogP contribution in [0.2, 0.25) is 0 Å². The first kappa shape index (κ1) is 18.7. The Hall–Kier alpha value is -0.630. The summed E-state index contributed by atoms with van der Waals surface area (Å²) in [6, 6.07) is 0. The van der Waals surface area contributed by atoms with E-state index in [9.17, 15) is 9.90 Å². The van der Waals surface area contributed by atoms with Gasteiger partial charge in [0.15, 0.2) is 0 Å². The van der Waals surface area contributed by atoms with Crippen LogP contribution in [-0.4, -0.2) is 17.5 Å². The molecule has 0 aliphatic heterocycles. The molecular weight excluding hydrogens is 320 g/mol. The van der Waals surface area contributed by atoms with Crippen molar-refractivity contribution in [2.45, 2.75) is 91.1 Å². The van der Waals surface area contributed by atoms with E-state index >= 15 is 0 Å². The molecule has 3 saturated carbocycles. The molecule has 5 unspecified atom stereocenters. The minimum absolute atomic E-state index is 0.103. The molecule has 4 rings (SSSR count). The fraction of sp³-hybridized carbons (Fsp3) is 0.875. The van der Waals surface area contributed by atoms with Crippen LogP contribution in [-0.2, 0) is 4.79 Å². The Morgan fingerprint density at radius 2 is 2.00 bits per heavy atom. The monoisotopic (exact) mass is 358 g/mol. The van der Waals surface area contributed by atoms with Crippen LogP contribution < -0.4 is 0 Å². The van der Waals surface area contributed by atoms with Crippen molar-refractivity contribution in [2.75, 3.05) is 0 Å². The summed E-state index contributed by atoms with van der Waals surface area (Å²) in [7, 11) is 0.